The Bertz CT molecular complexity index is 541. The Hall–Kier alpha value is -1.26. The van der Waals surface area contributed by atoms with Crippen LogP contribution in [-0.4, -0.2) is 31.0 Å². The highest BCUT2D eigenvalue weighted by Gasteiger charge is 2.21. The summed E-state index contributed by atoms with van der Waals surface area (Å²) in [4.78, 5) is 0. The smallest absolute Gasteiger partial charge is 0.161 e. The Labute approximate surface area is 172 Å². The molecule has 1 aromatic carbocycles. The van der Waals surface area contributed by atoms with Crippen molar-refractivity contribution in [3.8, 4) is 11.5 Å². The number of hydrogen-bond acceptors (Lipinski definition) is 4. The zero-order chi connectivity index (χ0) is 21.0. The van der Waals surface area contributed by atoms with Crippen LogP contribution >= 0.6 is 0 Å². The third-order valence-electron chi connectivity index (χ3n) is 5.74. The normalized spacial score (nSPS) is 14.7. The van der Waals surface area contributed by atoms with E-state index in [0.29, 0.717) is 0 Å². The summed E-state index contributed by atoms with van der Waals surface area (Å²) in [5.74, 6) is 3.13. The van der Waals surface area contributed by atoms with Crippen molar-refractivity contribution in [2.75, 3.05) is 20.3 Å². The minimum Gasteiger partial charge on any atom is -0.493 e. The molecule has 0 heterocycles. The summed E-state index contributed by atoms with van der Waals surface area (Å²) in [6.07, 6.45) is 8.56. The Morgan fingerprint density at radius 2 is 1.79 bits per heavy atom. The number of methoxy groups -OCH3 is 1. The monoisotopic (exact) mass is 393 g/mol. The summed E-state index contributed by atoms with van der Waals surface area (Å²) in [7, 11) is 1.68. The Kier molecular flexibility index (Phi) is 11.6. The molecule has 28 heavy (non-hydrogen) atoms. The van der Waals surface area contributed by atoms with E-state index in [-0.39, 0.29) is 6.61 Å². The van der Waals surface area contributed by atoms with Gasteiger partial charge in [-0.15, -0.1) is 0 Å². The van der Waals surface area contributed by atoms with Crippen LogP contribution in [0.5, 0.6) is 11.5 Å². The molecule has 1 rings (SSSR count). The number of nitrogens with two attached hydrogens (primary N) is 1. The summed E-state index contributed by atoms with van der Waals surface area (Å²) in [5, 5.41) is 9.47. The van der Waals surface area contributed by atoms with Gasteiger partial charge in [0.25, 0.3) is 0 Å². The lowest BCUT2D eigenvalue weighted by Crippen LogP contribution is -2.43. The fourth-order valence-electron chi connectivity index (χ4n) is 3.38. The second-order valence-corrected chi connectivity index (χ2v) is 8.78. The molecule has 0 saturated carbocycles. The molecule has 4 nitrogen and oxygen atoms in total. The number of aliphatic hydroxyl groups excluding tert-OH is 1. The predicted molar refractivity (Wildman–Crippen MR) is 118 cm³/mol. The van der Waals surface area contributed by atoms with E-state index in [2.05, 4.69) is 26.8 Å². The summed E-state index contributed by atoms with van der Waals surface area (Å²) in [5.41, 5.74) is 6.84. The number of benzene rings is 1. The van der Waals surface area contributed by atoms with Crippen molar-refractivity contribution < 1.29 is 14.6 Å². The van der Waals surface area contributed by atoms with Crippen molar-refractivity contribution >= 4 is 0 Å². The summed E-state index contributed by atoms with van der Waals surface area (Å²) >= 11 is 0. The maximum absolute atomic E-state index is 9.47. The Morgan fingerprint density at radius 1 is 1.07 bits per heavy atom. The van der Waals surface area contributed by atoms with Crippen molar-refractivity contribution in [2.45, 2.75) is 84.6 Å². The van der Waals surface area contributed by atoms with Crippen LogP contribution in [0.3, 0.4) is 0 Å². The lowest BCUT2D eigenvalue weighted by atomic mass is 9.90. The van der Waals surface area contributed by atoms with Gasteiger partial charge in [0.15, 0.2) is 11.5 Å². The van der Waals surface area contributed by atoms with Crippen molar-refractivity contribution in [3.05, 3.63) is 23.8 Å². The van der Waals surface area contributed by atoms with Gasteiger partial charge < -0.3 is 20.3 Å². The molecular formula is C24H43NO3. The SMILES string of the molecule is CC[C@@](N)(CO)CCc1ccc(OCCCC(C)CCCC(C)C)c(OC)c1. The van der Waals surface area contributed by atoms with Crippen LogP contribution in [0.1, 0.15) is 78.2 Å². The van der Waals surface area contributed by atoms with Crippen molar-refractivity contribution in [1.82, 2.24) is 0 Å². The van der Waals surface area contributed by atoms with E-state index >= 15 is 0 Å². The average Bonchev–Trinajstić information content (AvgIpc) is 2.69. The van der Waals surface area contributed by atoms with E-state index in [1.54, 1.807) is 7.11 Å². The molecule has 0 aliphatic heterocycles. The molecule has 0 aromatic heterocycles. The number of aliphatic hydroxyl groups is 1. The molecule has 1 unspecified atom stereocenters. The van der Waals surface area contributed by atoms with Gasteiger partial charge in [-0.3, -0.25) is 0 Å². The first-order chi connectivity index (χ1) is 13.3. The van der Waals surface area contributed by atoms with E-state index in [4.69, 9.17) is 15.2 Å². The van der Waals surface area contributed by atoms with Crippen molar-refractivity contribution in [3.63, 3.8) is 0 Å². The number of ether oxygens (including phenoxy) is 2. The molecule has 0 aliphatic carbocycles. The quantitative estimate of drug-likeness (QED) is 0.394. The van der Waals surface area contributed by atoms with E-state index in [1.807, 2.05) is 19.1 Å². The van der Waals surface area contributed by atoms with Gasteiger partial charge in [0.1, 0.15) is 0 Å². The topological polar surface area (TPSA) is 64.7 Å². The summed E-state index contributed by atoms with van der Waals surface area (Å²) in [6.45, 7) is 9.67. The molecule has 0 amide bonds. The first kappa shape index (κ1) is 24.8. The fourth-order valence-corrected chi connectivity index (χ4v) is 3.38. The molecule has 0 saturated heterocycles. The maximum Gasteiger partial charge on any atom is 0.161 e. The molecule has 2 atom stereocenters. The van der Waals surface area contributed by atoms with Gasteiger partial charge in [-0.25, -0.2) is 0 Å². The van der Waals surface area contributed by atoms with E-state index in [0.717, 1.165) is 61.2 Å². The number of rotatable bonds is 15. The van der Waals surface area contributed by atoms with Crippen LogP contribution in [0.25, 0.3) is 0 Å². The van der Waals surface area contributed by atoms with Gasteiger partial charge in [0, 0.05) is 5.54 Å². The Balaban J connectivity index is 2.43. The highest BCUT2D eigenvalue weighted by Crippen LogP contribution is 2.29. The maximum atomic E-state index is 9.47. The number of aryl methyl sites for hydroxylation is 1. The molecule has 0 radical (unpaired) electrons. The zero-order valence-electron chi connectivity index (χ0n) is 18.8. The highest BCUT2D eigenvalue weighted by atomic mass is 16.5. The minimum atomic E-state index is -0.506. The summed E-state index contributed by atoms with van der Waals surface area (Å²) in [6, 6.07) is 6.08. The third-order valence-corrected chi connectivity index (χ3v) is 5.74. The molecular weight excluding hydrogens is 350 g/mol. The minimum absolute atomic E-state index is 0.0116. The van der Waals surface area contributed by atoms with Gasteiger partial charge in [0.05, 0.1) is 20.3 Å². The molecule has 162 valence electrons. The number of hydrogen-bond donors (Lipinski definition) is 2. The third kappa shape index (κ3) is 9.29. The molecule has 4 heteroatoms. The first-order valence-corrected chi connectivity index (χ1v) is 11.0. The molecule has 3 N–H and O–H groups in total. The average molecular weight is 394 g/mol. The van der Waals surface area contributed by atoms with E-state index < -0.39 is 5.54 Å². The molecule has 1 aromatic rings. The second kappa shape index (κ2) is 13.1. The van der Waals surface area contributed by atoms with E-state index in [9.17, 15) is 5.11 Å². The second-order valence-electron chi connectivity index (χ2n) is 8.78. The molecule has 0 spiro atoms. The zero-order valence-corrected chi connectivity index (χ0v) is 18.8. The summed E-state index contributed by atoms with van der Waals surface area (Å²) < 4.78 is 11.5. The van der Waals surface area contributed by atoms with Crippen molar-refractivity contribution in [2.24, 2.45) is 17.6 Å². The van der Waals surface area contributed by atoms with Gasteiger partial charge in [-0.2, -0.15) is 0 Å². The van der Waals surface area contributed by atoms with E-state index in [1.165, 1.54) is 25.7 Å². The molecule has 0 aliphatic rings. The van der Waals surface area contributed by atoms with Gasteiger partial charge in [-0.1, -0.05) is 53.0 Å². The van der Waals surface area contributed by atoms with Gasteiger partial charge in [0.2, 0.25) is 0 Å². The Morgan fingerprint density at radius 3 is 2.39 bits per heavy atom. The van der Waals surface area contributed by atoms with Crippen LogP contribution in [0.4, 0.5) is 0 Å². The standard InChI is InChI=1S/C24H43NO3/c1-6-24(25,18-26)15-14-21-12-13-22(23(17-21)27-5)28-16-8-11-20(4)10-7-9-19(2)3/h12-13,17,19-20,26H,6-11,14-16,18,25H2,1-5H3/t20?,24-/m0/s1. The van der Waals surface area contributed by atoms with Gasteiger partial charge in [-0.05, 0) is 61.6 Å². The van der Waals surface area contributed by atoms with Crippen LogP contribution in [0.2, 0.25) is 0 Å². The lowest BCUT2D eigenvalue weighted by Gasteiger charge is -2.25. The fraction of sp³-hybridized carbons (Fsp3) is 0.750. The lowest BCUT2D eigenvalue weighted by molar-refractivity contribution is 0.183. The predicted octanol–water partition coefficient (Wildman–Crippen LogP) is 5.35. The first-order valence-electron chi connectivity index (χ1n) is 11.0. The highest BCUT2D eigenvalue weighted by molar-refractivity contribution is 5.43. The van der Waals surface area contributed by atoms with Crippen LogP contribution in [-0.2, 0) is 6.42 Å². The van der Waals surface area contributed by atoms with Crippen molar-refractivity contribution in [1.29, 1.82) is 0 Å². The molecule has 0 bridgehead atoms. The van der Waals surface area contributed by atoms with Gasteiger partial charge >= 0.3 is 0 Å². The van der Waals surface area contributed by atoms with Crippen LogP contribution in [0, 0.1) is 11.8 Å². The molecule has 0 fully saturated rings. The van der Waals surface area contributed by atoms with Crippen LogP contribution in [0.15, 0.2) is 18.2 Å². The van der Waals surface area contributed by atoms with Crippen LogP contribution < -0.4 is 15.2 Å². The largest absolute Gasteiger partial charge is 0.493 e.